The molecule has 218 valence electrons. The van der Waals surface area contributed by atoms with Gasteiger partial charge in [-0.05, 0) is 102 Å². The van der Waals surface area contributed by atoms with Crippen LogP contribution in [0.15, 0.2) is 170 Å². The first-order chi connectivity index (χ1) is 23.3. The van der Waals surface area contributed by atoms with Crippen LogP contribution in [0.2, 0.25) is 0 Å². The van der Waals surface area contributed by atoms with Gasteiger partial charge in [-0.15, -0.1) is 0 Å². The van der Waals surface area contributed by atoms with Gasteiger partial charge < -0.3 is 0 Å². The van der Waals surface area contributed by atoms with Gasteiger partial charge in [-0.3, -0.25) is 4.57 Å². The second kappa shape index (κ2) is 10.1. The summed E-state index contributed by atoms with van der Waals surface area (Å²) in [6.45, 7) is 0. The molecule has 8 aromatic carbocycles. The summed E-state index contributed by atoms with van der Waals surface area (Å²) in [5, 5.41) is 5.14. The first kappa shape index (κ1) is 26.0. The van der Waals surface area contributed by atoms with E-state index in [1.54, 1.807) is 0 Å². The fourth-order valence-electron chi connectivity index (χ4n) is 7.55. The van der Waals surface area contributed by atoms with Crippen molar-refractivity contribution in [1.29, 1.82) is 0 Å². The highest BCUT2D eigenvalue weighted by Crippen LogP contribution is 2.49. The fraction of sp³-hybridized carbons (Fsp3) is 0. The summed E-state index contributed by atoms with van der Waals surface area (Å²) >= 11 is 0. The molecular weight excluding hydrogens is 569 g/mol. The Morgan fingerprint density at radius 1 is 0.383 bits per heavy atom. The lowest BCUT2D eigenvalue weighted by Gasteiger charge is -2.13. The number of para-hydroxylation sites is 2. The molecule has 0 amide bonds. The minimum atomic E-state index is 0.946. The predicted octanol–water partition coefficient (Wildman–Crippen LogP) is 12.0. The molecule has 0 fully saturated rings. The van der Waals surface area contributed by atoms with E-state index in [4.69, 9.17) is 4.98 Å². The summed E-state index contributed by atoms with van der Waals surface area (Å²) in [4.78, 5) is 5.04. The van der Waals surface area contributed by atoms with Gasteiger partial charge in [0.05, 0.1) is 11.0 Å². The van der Waals surface area contributed by atoms with Crippen molar-refractivity contribution in [3.63, 3.8) is 0 Å². The zero-order valence-electron chi connectivity index (χ0n) is 25.6. The molecule has 0 atom stereocenters. The summed E-state index contributed by atoms with van der Waals surface area (Å²) in [5.41, 5.74) is 14.5. The molecule has 1 aliphatic rings. The van der Waals surface area contributed by atoms with Crippen molar-refractivity contribution in [2.45, 2.75) is 0 Å². The van der Waals surface area contributed by atoms with E-state index in [0.717, 1.165) is 28.1 Å². The Morgan fingerprint density at radius 3 is 1.85 bits per heavy atom. The second-order valence-electron chi connectivity index (χ2n) is 12.4. The van der Waals surface area contributed by atoms with Crippen LogP contribution >= 0.6 is 0 Å². The Labute approximate surface area is 272 Å². The van der Waals surface area contributed by atoms with E-state index in [-0.39, 0.29) is 0 Å². The van der Waals surface area contributed by atoms with Crippen LogP contribution in [-0.4, -0.2) is 9.55 Å². The van der Waals surface area contributed by atoms with E-state index in [9.17, 15) is 0 Å². The number of fused-ring (bicyclic) bond motifs is 5. The van der Waals surface area contributed by atoms with E-state index in [1.165, 1.54) is 66.1 Å². The molecule has 0 bridgehead atoms. The molecule has 47 heavy (non-hydrogen) atoms. The average molecular weight is 597 g/mol. The monoisotopic (exact) mass is 596 g/mol. The van der Waals surface area contributed by atoms with E-state index >= 15 is 0 Å². The van der Waals surface area contributed by atoms with Crippen LogP contribution in [0, 0.1) is 0 Å². The molecule has 0 saturated carbocycles. The Balaban J connectivity index is 1.05. The first-order valence-electron chi connectivity index (χ1n) is 16.1. The largest absolute Gasteiger partial charge is 0.292 e. The van der Waals surface area contributed by atoms with Crippen LogP contribution in [0.25, 0.3) is 94.2 Å². The third-order valence-electron chi connectivity index (χ3n) is 9.73. The fourth-order valence-corrected chi connectivity index (χ4v) is 7.55. The van der Waals surface area contributed by atoms with Crippen LogP contribution in [0.1, 0.15) is 0 Å². The minimum Gasteiger partial charge on any atom is -0.292 e. The van der Waals surface area contributed by atoms with Crippen molar-refractivity contribution in [2.75, 3.05) is 0 Å². The van der Waals surface area contributed by atoms with Crippen molar-refractivity contribution in [3.8, 4) is 61.6 Å². The second-order valence-corrected chi connectivity index (χ2v) is 12.4. The van der Waals surface area contributed by atoms with Crippen LogP contribution in [-0.2, 0) is 0 Å². The number of aromatic nitrogens is 2. The molecule has 2 heteroatoms. The zero-order chi connectivity index (χ0) is 30.9. The molecule has 1 aliphatic carbocycles. The summed E-state index contributed by atoms with van der Waals surface area (Å²) < 4.78 is 2.28. The SMILES string of the molecule is c1ccc(-c2nc3ccccc3n2-c2cccc(-c3ccc4cc(-c5ccc6c7c(cccc57)-c5ccccc5-6)ccc4c3)c2)cc1. The highest BCUT2D eigenvalue weighted by molar-refractivity contribution is 6.18. The maximum Gasteiger partial charge on any atom is 0.145 e. The van der Waals surface area contributed by atoms with Crippen LogP contribution in [0.4, 0.5) is 0 Å². The van der Waals surface area contributed by atoms with Crippen molar-refractivity contribution >= 4 is 32.6 Å². The van der Waals surface area contributed by atoms with Gasteiger partial charge in [0.15, 0.2) is 0 Å². The first-order valence-corrected chi connectivity index (χ1v) is 16.1. The van der Waals surface area contributed by atoms with Gasteiger partial charge >= 0.3 is 0 Å². The molecule has 0 saturated heterocycles. The minimum absolute atomic E-state index is 0.946. The van der Waals surface area contributed by atoms with Crippen LogP contribution in [0.3, 0.4) is 0 Å². The standard InChI is InChI=1S/C45H28N2/c1-2-10-29(11-3-1)45-46-42-18-6-7-19-43(42)47(45)35-13-8-12-30(28-35)31-20-21-33-27-34(23-22-32(33)26-31)36-24-25-41-38-15-5-4-14-37(38)40-17-9-16-39(36)44(40)41/h1-28H. The molecule has 0 aliphatic heterocycles. The summed E-state index contributed by atoms with van der Waals surface area (Å²) in [7, 11) is 0. The van der Waals surface area contributed by atoms with Gasteiger partial charge in [-0.2, -0.15) is 0 Å². The molecule has 0 N–H and O–H groups in total. The highest BCUT2D eigenvalue weighted by Gasteiger charge is 2.22. The van der Waals surface area contributed by atoms with Crippen molar-refractivity contribution < 1.29 is 0 Å². The number of rotatable bonds is 4. The lowest BCUT2D eigenvalue weighted by atomic mass is 9.92. The quantitative estimate of drug-likeness (QED) is 0.198. The van der Waals surface area contributed by atoms with Gasteiger partial charge in [-0.25, -0.2) is 4.98 Å². The van der Waals surface area contributed by atoms with Gasteiger partial charge in [0.1, 0.15) is 5.82 Å². The number of hydrogen-bond donors (Lipinski definition) is 0. The van der Waals surface area contributed by atoms with E-state index < -0.39 is 0 Å². The molecule has 1 aromatic heterocycles. The topological polar surface area (TPSA) is 17.8 Å². The highest BCUT2D eigenvalue weighted by atomic mass is 15.1. The normalized spacial score (nSPS) is 11.8. The average Bonchev–Trinajstić information content (AvgIpc) is 3.69. The zero-order valence-corrected chi connectivity index (χ0v) is 25.6. The third-order valence-corrected chi connectivity index (χ3v) is 9.73. The molecule has 1 heterocycles. The molecular formula is C45H28N2. The van der Waals surface area contributed by atoms with Crippen molar-refractivity contribution in [3.05, 3.63) is 170 Å². The van der Waals surface area contributed by atoms with Crippen LogP contribution in [0.5, 0.6) is 0 Å². The predicted molar refractivity (Wildman–Crippen MR) is 197 cm³/mol. The van der Waals surface area contributed by atoms with E-state index in [2.05, 4.69) is 168 Å². The number of nitrogens with zero attached hydrogens (tertiary/aromatic N) is 2. The Hall–Kier alpha value is -6.25. The van der Waals surface area contributed by atoms with Gasteiger partial charge in [0, 0.05) is 11.3 Å². The van der Waals surface area contributed by atoms with E-state index in [0.29, 0.717) is 0 Å². The molecule has 2 nitrogen and oxygen atoms in total. The summed E-state index contributed by atoms with van der Waals surface area (Å²) in [6, 6.07) is 61.4. The van der Waals surface area contributed by atoms with E-state index in [1.807, 2.05) is 6.07 Å². The lowest BCUT2D eigenvalue weighted by Crippen LogP contribution is -1.98. The van der Waals surface area contributed by atoms with Crippen molar-refractivity contribution in [2.24, 2.45) is 0 Å². The summed E-state index contributed by atoms with van der Waals surface area (Å²) in [6.07, 6.45) is 0. The smallest absolute Gasteiger partial charge is 0.145 e. The van der Waals surface area contributed by atoms with Gasteiger partial charge in [0.2, 0.25) is 0 Å². The van der Waals surface area contributed by atoms with Gasteiger partial charge in [-0.1, -0.05) is 133 Å². The van der Waals surface area contributed by atoms with Crippen LogP contribution < -0.4 is 0 Å². The Morgan fingerprint density at radius 2 is 1.00 bits per heavy atom. The lowest BCUT2D eigenvalue weighted by molar-refractivity contribution is 1.10. The maximum absolute atomic E-state index is 5.04. The van der Waals surface area contributed by atoms with Gasteiger partial charge in [0.25, 0.3) is 0 Å². The Kier molecular flexibility index (Phi) is 5.61. The molecule has 0 unspecified atom stereocenters. The molecule has 9 aromatic rings. The molecule has 0 radical (unpaired) electrons. The summed E-state index contributed by atoms with van der Waals surface area (Å²) in [5.74, 6) is 0.946. The molecule has 10 rings (SSSR count). The Bertz CT molecular complexity index is 2650. The third kappa shape index (κ3) is 4.02. The maximum atomic E-state index is 5.04. The number of hydrogen-bond acceptors (Lipinski definition) is 1. The van der Waals surface area contributed by atoms with Crippen molar-refractivity contribution in [1.82, 2.24) is 9.55 Å². The molecule has 0 spiro atoms. The number of benzene rings is 8. The number of imidazole rings is 1.